The average molecular weight is 339 g/mol. The van der Waals surface area contributed by atoms with E-state index >= 15 is 0 Å². The first-order valence-electron chi connectivity index (χ1n) is 6.55. The number of rotatable bonds is 3. The number of benzene rings is 1. The minimum atomic E-state index is -0.347. The summed E-state index contributed by atoms with van der Waals surface area (Å²) in [6, 6.07) is 8.34. The molecule has 0 unspecified atom stereocenters. The highest BCUT2D eigenvalue weighted by Gasteiger charge is 2.20. The van der Waals surface area contributed by atoms with Crippen LogP contribution < -0.4 is 15.5 Å². The molecule has 2 heterocycles. The predicted octanol–water partition coefficient (Wildman–Crippen LogP) is 3.10. The number of nitrogens with one attached hydrogen (secondary N) is 3. The van der Waals surface area contributed by atoms with Gasteiger partial charge in [-0.3, -0.25) is 9.69 Å². The molecule has 0 atom stereocenters. The van der Waals surface area contributed by atoms with Gasteiger partial charge in [-0.05, 0) is 30.3 Å². The largest absolute Gasteiger partial charge is 0.340 e. The van der Waals surface area contributed by atoms with Crippen LogP contribution in [-0.4, -0.2) is 30.0 Å². The van der Waals surface area contributed by atoms with Crippen LogP contribution in [0, 0.1) is 0 Å². The van der Waals surface area contributed by atoms with E-state index < -0.39 is 0 Å². The van der Waals surface area contributed by atoms with Crippen LogP contribution in [0.4, 0.5) is 16.2 Å². The fraction of sp³-hybridized carbons (Fsp3) is 0.143. The molecule has 1 aromatic heterocycles. The number of urea groups is 1. The summed E-state index contributed by atoms with van der Waals surface area (Å²) >= 11 is 11.6. The van der Waals surface area contributed by atoms with Crippen molar-refractivity contribution in [2.75, 3.05) is 23.3 Å². The number of aromatic amines is 1. The average Bonchev–Trinajstić information content (AvgIpc) is 3.07. The maximum absolute atomic E-state index is 12.0. The summed E-state index contributed by atoms with van der Waals surface area (Å²) in [4.78, 5) is 27.9. The van der Waals surface area contributed by atoms with Crippen molar-refractivity contribution in [3.63, 3.8) is 0 Å². The van der Waals surface area contributed by atoms with E-state index in [4.69, 9.17) is 23.2 Å². The highest BCUT2D eigenvalue weighted by molar-refractivity contribution is 6.41. The van der Waals surface area contributed by atoms with Crippen LogP contribution >= 0.6 is 23.2 Å². The molecular weight excluding hydrogens is 327 g/mol. The second-order valence-electron chi connectivity index (χ2n) is 4.73. The second-order valence-corrected chi connectivity index (χ2v) is 5.51. The van der Waals surface area contributed by atoms with Crippen molar-refractivity contribution >= 4 is 46.5 Å². The molecular formula is C14H12Cl2N4O2. The Morgan fingerprint density at radius 1 is 1.23 bits per heavy atom. The third-order valence-corrected chi connectivity index (χ3v) is 3.96. The van der Waals surface area contributed by atoms with Gasteiger partial charge in [0.1, 0.15) is 10.8 Å². The molecule has 22 heavy (non-hydrogen) atoms. The first-order chi connectivity index (χ1) is 10.5. The monoisotopic (exact) mass is 338 g/mol. The van der Waals surface area contributed by atoms with Crippen molar-refractivity contribution in [2.45, 2.75) is 0 Å². The number of anilines is 2. The Hall–Kier alpha value is -2.18. The van der Waals surface area contributed by atoms with Crippen molar-refractivity contribution in [3.05, 3.63) is 46.2 Å². The van der Waals surface area contributed by atoms with Crippen LogP contribution in [-0.2, 0) is 0 Å². The number of aromatic nitrogens is 1. The van der Waals surface area contributed by atoms with Gasteiger partial charge in [0.15, 0.2) is 0 Å². The fourth-order valence-electron chi connectivity index (χ4n) is 2.17. The predicted molar refractivity (Wildman–Crippen MR) is 86.0 cm³/mol. The molecule has 6 nitrogen and oxygen atoms in total. The molecule has 0 radical (unpaired) electrons. The highest BCUT2D eigenvalue weighted by Crippen LogP contribution is 2.23. The number of halogens is 2. The van der Waals surface area contributed by atoms with Gasteiger partial charge in [-0.1, -0.05) is 23.2 Å². The molecule has 3 amide bonds. The van der Waals surface area contributed by atoms with E-state index in [1.165, 1.54) is 6.07 Å². The summed E-state index contributed by atoms with van der Waals surface area (Å²) in [5.41, 5.74) is 1.66. The molecule has 8 heteroatoms. The van der Waals surface area contributed by atoms with Gasteiger partial charge in [-0.2, -0.15) is 0 Å². The number of hydrogen-bond donors (Lipinski definition) is 3. The molecule has 1 fully saturated rings. The van der Waals surface area contributed by atoms with E-state index in [9.17, 15) is 9.59 Å². The van der Waals surface area contributed by atoms with Gasteiger partial charge in [-0.15, -0.1) is 0 Å². The minimum absolute atomic E-state index is 0.118. The van der Waals surface area contributed by atoms with Crippen LogP contribution in [0.2, 0.25) is 10.2 Å². The van der Waals surface area contributed by atoms with Crippen LogP contribution in [0.1, 0.15) is 10.5 Å². The number of carbonyl (C=O) groups excluding carboxylic acids is 2. The molecule has 1 aliphatic rings. The summed E-state index contributed by atoms with van der Waals surface area (Å²) < 4.78 is 0. The van der Waals surface area contributed by atoms with Gasteiger partial charge in [0.25, 0.3) is 5.91 Å². The van der Waals surface area contributed by atoms with Crippen molar-refractivity contribution in [1.82, 2.24) is 10.3 Å². The van der Waals surface area contributed by atoms with Gasteiger partial charge in [0.2, 0.25) is 0 Å². The summed E-state index contributed by atoms with van der Waals surface area (Å²) in [5, 5.41) is 5.97. The first-order valence-corrected chi connectivity index (χ1v) is 7.31. The van der Waals surface area contributed by atoms with E-state index in [1.54, 1.807) is 29.2 Å². The molecule has 1 aromatic carbocycles. The second kappa shape index (κ2) is 5.90. The molecule has 0 bridgehead atoms. The number of H-pyrrole nitrogens is 1. The Morgan fingerprint density at radius 3 is 2.50 bits per heavy atom. The lowest BCUT2D eigenvalue weighted by Gasteiger charge is -2.14. The lowest BCUT2D eigenvalue weighted by atomic mass is 10.2. The number of nitrogens with zero attached hydrogens (tertiary/aromatic N) is 1. The summed E-state index contributed by atoms with van der Waals surface area (Å²) in [7, 11) is 0. The summed E-state index contributed by atoms with van der Waals surface area (Å²) in [6.07, 6.45) is 0. The van der Waals surface area contributed by atoms with E-state index in [-0.39, 0.29) is 22.8 Å². The Kier molecular flexibility index (Phi) is 3.96. The maximum Gasteiger partial charge on any atom is 0.321 e. The molecule has 0 saturated carbocycles. The fourth-order valence-corrected chi connectivity index (χ4v) is 2.48. The van der Waals surface area contributed by atoms with Crippen LogP contribution in [0.15, 0.2) is 30.3 Å². The molecule has 3 rings (SSSR count). The zero-order valence-corrected chi connectivity index (χ0v) is 12.8. The van der Waals surface area contributed by atoms with Crippen LogP contribution in [0.25, 0.3) is 0 Å². The third kappa shape index (κ3) is 2.88. The lowest BCUT2D eigenvalue weighted by molar-refractivity contribution is 0.102. The smallest absolute Gasteiger partial charge is 0.321 e. The van der Waals surface area contributed by atoms with Crippen LogP contribution in [0.5, 0.6) is 0 Å². The number of hydrogen-bond acceptors (Lipinski definition) is 2. The highest BCUT2D eigenvalue weighted by atomic mass is 35.5. The zero-order valence-electron chi connectivity index (χ0n) is 11.3. The number of amides is 3. The van der Waals surface area contributed by atoms with Gasteiger partial charge in [-0.25, -0.2) is 4.79 Å². The molecule has 1 aliphatic heterocycles. The molecule has 0 aliphatic carbocycles. The topological polar surface area (TPSA) is 77.2 Å². The standard InChI is InChI=1S/C14H12Cl2N4O2/c15-10-7-11(19-12(10)16)13(21)18-8-1-3-9(4-2-8)20-6-5-17-14(20)22/h1-4,7,19H,5-6H2,(H,17,22)(H,18,21). The van der Waals surface area contributed by atoms with Crippen molar-refractivity contribution in [1.29, 1.82) is 0 Å². The Labute approximate surface area is 136 Å². The summed E-state index contributed by atoms with van der Waals surface area (Å²) in [5.74, 6) is -0.347. The Morgan fingerprint density at radius 2 is 1.95 bits per heavy atom. The van der Waals surface area contributed by atoms with Crippen molar-refractivity contribution < 1.29 is 9.59 Å². The maximum atomic E-state index is 12.0. The molecule has 114 valence electrons. The first kappa shape index (κ1) is 14.7. The quantitative estimate of drug-likeness (QED) is 0.804. The Bertz CT molecular complexity index is 707. The Balaban J connectivity index is 1.70. The normalized spacial score (nSPS) is 14.1. The van der Waals surface area contributed by atoms with E-state index in [0.717, 1.165) is 5.69 Å². The summed E-state index contributed by atoms with van der Waals surface area (Å²) in [6.45, 7) is 1.26. The molecule has 1 saturated heterocycles. The van der Waals surface area contributed by atoms with Gasteiger partial charge in [0.05, 0.1) is 5.02 Å². The molecule has 3 N–H and O–H groups in total. The van der Waals surface area contributed by atoms with E-state index in [0.29, 0.717) is 23.8 Å². The number of carbonyl (C=O) groups is 2. The minimum Gasteiger partial charge on any atom is -0.340 e. The molecule has 2 aromatic rings. The van der Waals surface area contributed by atoms with Gasteiger partial charge >= 0.3 is 6.03 Å². The van der Waals surface area contributed by atoms with Crippen molar-refractivity contribution in [2.24, 2.45) is 0 Å². The van der Waals surface area contributed by atoms with Gasteiger partial charge < -0.3 is 15.6 Å². The van der Waals surface area contributed by atoms with E-state index in [2.05, 4.69) is 15.6 Å². The zero-order chi connectivity index (χ0) is 15.7. The van der Waals surface area contributed by atoms with Crippen LogP contribution in [0.3, 0.4) is 0 Å². The molecule has 0 spiro atoms. The van der Waals surface area contributed by atoms with Gasteiger partial charge in [0, 0.05) is 24.5 Å². The SMILES string of the molecule is O=C(Nc1ccc(N2CCNC2=O)cc1)c1cc(Cl)c(Cl)[nH]1. The van der Waals surface area contributed by atoms with E-state index in [1.807, 2.05) is 0 Å². The lowest BCUT2D eigenvalue weighted by Crippen LogP contribution is -2.27. The van der Waals surface area contributed by atoms with Crippen molar-refractivity contribution in [3.8, 4) is 0 Å². The third-order valence-electron chi connectivity index (χ3n) is 3.26.